The maximum Gasteiger partial charge on any atom is 0.255 e. The average molecular weight is 431 g/mol. The van der Waals surface area contributed by atoms with Crippen molar-refractivity contribution in [1.29, 1.82) is 0 Å². The highest BCUT2D eigenvalue weighted by Crippen LogP contribution is 2.29. The second-order valence-electron chi connectivity index (χ2n) is 7.93. The molecule has 2 N–H and O–H groups in total. The SMILES string of the molecule is CCc1cc(NC(=O)c2ccc(NS(=O)(=O)C(C)C)cc2)ccc1OC1CCCC1. The van der Waals surface area contributed by atoms with Crippen molar-refractivity contribution in [3.05, 3.63) is 53.6 Å². The Bertz CT molecular complexity index is 979. The molecule has 0 atom stereocenters. The minimum absolute atomic E-state index is 0.250. The third-order valence-electron chi connectivity index (χ3n) is 5.32. The van der Waals surface area contributed by atoms with Gasteiger partial charge in [0, 0.05) is 16.9 Å². The van der Waals surface area contributed by atoms with E-state index in [2.05, 4.69) is 17.0 Å². The molecule has 7 heteroatoms. The van der Waals surface area contributed by atoms with Gasteiger partial charge in [-0.3, -0.25) is 9.52 Å². The molecule has 6 nitrogen and oxygen atoms in total. The molecule has 1 aliphatic rings. The van der Waals surface area contributed by atoms with Crippen molar-refractivity contribution in [2.75, 3.05) is 10.0 Å². The van der Waals surface area contributed by atoms with Crippen LogP contribution in [0.25, 0.3) is 0 Å². The molecule has 1 fully saturated rings. The number of benzene rings is 2. The number of ether oxygens (including phenoxy) is 1. The molecule has 0 spiro atoms. The highest BCUT2D eigenvalue weighted by Gasteiger charge is 2.18. The first-order valence-electron chi connectivity index (χ1n) is 10.5. The number of sulfonamides is 1. The molecule has 3 rings (SSSR count). The van der Waals surface area contributed by atoms with Crippen LogP contribution in [-0.4, -0.2) is 25.7 Å². The molecule has 30 heavy (non-hydrogen) atoms. The topological polar surface area (TPSA) is 84.5 Å². The summed E-state index contributed by atoms with van der Waals surface area (Å²) >= 11 is 0. The number of carbonyl (C=O) groups is 1. The van der Waals surface area contributed by atoms with Crippen molar-refractivity contribution in [1.82, 2.24) is 0 Å². The van der Waals surface area contributed by atoms with Gasteiger partial charge in [0.05, 0.1) is 11.4 Å². The molecular weight excluding hydrogens is 400 g/mol. The highest BCUT2D eigenvalue weighted by atomic mass is 32.2. The lowest BCUT2D eigenvalue weighted by Gasteiger charge is -2.17. The van der Waals surface area contributed by atoms with Crippen molar-refractivity contribution < 1.29 is 17.9 Å². The Kier molecular flexibility index (Phi) is 7.02. The molecular formula is C23H30N2O4S. The molecule has 0 radical (unpaired) electrons. The Hall–Kier alpha value is -2.54. The lowest BCUT2D eigenvalue weighted by atomic mass is 10.1. The van der Waals surface area contributed by atoms with Gasteiger partial charge in [-0.15, -0.1) is 0 Å². The summed E-state index contributed by atoms with van der Waals surface area (Å²) in [7, 11) is -3.42. The number of carbonyl (C=O) groups excluding carboxylic acids is 1. The van der Waals surface area contributed by atoms with Gasteiger partial charge in [-0.25, -0.2) is 8.42 Å². The van der Waals surface area contributed by atoms with Crippen LogP contribution in [0.2, 0.25) is 0 Å². The van der Waals surface area contributed by atoms with Gasteiger partial charge in [-0.2, -0.15) is 0 Å². The number of hydrogen-bond donors (Lipinski definition) is 2. The Balaban J connectivity index is 1.66. The van der Waals surface area contributed by atoms with Gasteiger partial charge in [0.15, 0.2) is 0 Å². The van der Waals surface area contributed by atoms with Crippen molar-refractivity contribution in [2.24, 2.45) is 0 Å². The van der Waals surface area contributed by atoms with Crippen molar-refractivity contribution in [2.45, 2.75) is 64.2 Å². The van der Waals surface area contributed by atoms with Crippen LogP contribution < -0.4 is 14.8 Å². The fraction of sp³-hybridized carbons (Fsp3) is 0.435. The number of aryl methyl sites for hydroxylation is 1. The quantitative estimate of drug-likeness (QED) is 0.619. The number of hydrogen-bond acceptors (Lipinski definition) is 4. The second kappa shape index (κ2) is 9.51. The van der Waals surface area contributed by atoms with E-state index in [1.807, 2.05) is 18.2 Å². The van der Waals surface area contributed by atoms with E-state index in [-0.39, 0.29) is 5.91 Å². The van der Waals surface area contributed by atoms with Gasteiger partial charge in [0.2, 0.25) is 10.0 Å². The van der Waals surface area contributed by atoms with Gasteiger partial charge in [0.1, 0.15) is 5.75 Å². The number of rotatable bonds is 8. The van der Waals surface area contributed by atoms with E-state index in [9.17, 15) is 13.2 Å². The third-order valence-corrected chi connectivity index (χ3v) is 7.08. The van der Waals surface area contributed by atoms with Crippen molar-refractivity contribution in [3.63, 3.8) is 0 Å². The lowest BCUT2D eigenvalue weighted by Crippen LogP contribution is -2.22. The fourth-order valence-electron chi connectivity index (χ4n) is 3.41. The van der Waals surface area contributed by atoms with Crippen LogP contribution in [0.15, 0.2) is 42.5 Å². The van der Waals surface area contributed by atoms with Gasteiger partial charge < -0.3 is 10.1 Å². The number of amides is 1. The zero-order chi connectivity index (χ0) is 21.7. The summed E-state index contributed by atoms with van der Waals surface area (Å²) in [6.07, 6.45) is 5.75. The molecule has 0 saturated heterocycles. The molecule has 1 amide bonds. The zero-order valence-electron chi connectivity index (χ0n) is 17.8. The van der Waals surface area contributed by atoms with Crippen molar-refractivity contribution in [3.8, 4) is 5.75 Å². The third kappa shape index (κ3) is 5.53. The smallest absolute Gasteiger partial charge is 0.255 e. The monoisotopic (exact) mass is 430 g/mol. The standard InChI is InChI=1S/C23H30N2O4S/c1-4-17-15-20(13-14-22(17)29-21-7-5-6-8-21)24-23(26)18-9-11-19(12-10-18)25-30(27,28)16(2)3/h9-16,21,25H,4-8H2,1-3H3,(H,24,26). The van der Waals surface area contributed by atoms with E-state index in [1.165, 1.54) is 12.8 Å². The van der Waals surface area contributed by atoms with Gasteiger partial charge in [-0.05, 0) is 94.0 Å². The zero-order valence-corrected chi connectivity index (χ0v) is 18.6. The molecule has 1 aliphatic carbocycles. The van der Waals surface area contributed by atoms with E-state index < -0.39 is 15.3 Å². The van der Waals surface area contributed by atoms with Crippen LogP contribution in [0.1, 0.15) is 62.4 Å². The largest absolute Gasteiger partial charge is 0.490 e. The second-order valence-corrected chi connectivity index (χ2v) is 10.2. The molecule has 2 aromatic carbocycles. The molecule has 1 saturated carbocycles. The first-order valence-corrected chi connectivity index (χ1v) is 12.1. The van der Waals surface area contributed by atoms with E-state index >= 15 is 0 Å². The van der Waals surface area contributed by atoms with Crippen LogP contribution in [-0.2, 0) is 16.4 Å². The fourth-order valence-corrected chi connectivity index (χ4v) is 4.11. The van der Waals surface area contributed by atoms with E-state index in [0.29, 0.717) is 23.0 Å². The molecule has 0 aliphatic heterocycles. The minimum Gasteiger partial charge on any atom is -0.490 e. The summed E-state index contributed by atoms with van der Waals surface area (Å²) in [5.74, 6) is 0.643. The number of nitrogens with one attached hydrogen (secondary N) is 2. The highest BCUT2D eigenvalue weighted by molar-refractivity contribution is 7.93. The summed E-state index contributed by atoms with van der Waals surface area (Å²) in [6.45, 7) is 5.29. The van der Waals surface area contributed by atoms with E-state index in [4.69, 9.17) is 4.74 Å². The first-order chi connectivity index (χ1) is 14.3. The van der Waals surface area contributed by atoms with Gasteiger partial charge in [0.25, 0.3) is 5.91 Å². The predicted octanol–water partition coefficient (Wildman–Crippen LogP) is 4.97. The minimum atomic E-state index is -3.42. The Morgan fingerprint density at radius 1 is 1.07 bits per heavy atom. The van der Waals surface area contributed by atoms with E-state index in [0.717, 1.165) is 30.6 Å². The summed E-state index contributed by atoms with van der Waals surface area (Å²) in [6, 6.07) is 12.1. The molecule has 0 unspecified atom stereocenters. The maximum atomic E-state index is 12.6. The summed E-state index contributed by atoms with van der Waals surface area (Å²) in [5.41, 5.74) is 2.66. The molecule has 0 bridgehead atoms. The van der Waals surface area contributed by atoms with Gasteiger partial charge >= 0.3 is 0 Å². The maximum absolute atomic E-state index is 12.6. The average Bonchev–Trinajstić information content (AvgIpc) is 3.22. The predicted molar refractivity (Wildman–Crippen MR) is 121 cm³/mol. The molecule has 162 valence electrons. The van der Waals surface area contributed by atoms with Gasteiger partial charge in [-0.1, -0.05) is 6.92 Å². The summed E-state index contributed by atoms with van der Waals surface area (Å²) in [4.78, 5) is 12.6. The van der Waals surface area contributed by atoms with Crippen LogP contribution in [0, 0.1) is 0 Å². The van der Waals surface area contributed by atoms with Crippen LogP contribution in [0.5, 0.6) is 5.75 Å². The van der Waals surface area contributed by atoms with Crippen LogP contribution >= 0.6 is 0 Å². The molecule has 0 aromatic heterocycles. The van der Waals surface area contributed by atoms with Crippen LogP contribution in [0.3, 0.4) is 0 Å². The van der Waals surface area contributed by atoms with Crippen LogP contribution in [0.4, 0.5) is 11.4 Å². The lowest BCUT2D eigenvalue weighted by molar-refractivity contribution is 0.102. The number of anilines is 2. The van der Waals surface area contributed by atoms with E-state index in [1.54, 1.807) is 38.1 Å². The first kappa shape index (κ1) is 22.2. The normalized spacial score (nSPS) is 14.7. The van der Waals surface area contributed by atoms with Crippen molar-refractivity contribution >= 4 is 27.3 Å². The Morgan fingerprint density at radius 3 is 2.30 bits per heavy atom. The molecule has 0 heterocycles. The Labute approximate surface area is 179 Å². The Morgan fingerprint density at radius 2 is 1.70 bits per heavy atom. The molecule has 2 aromatic rings. The summed E-state index contributed by atoms with van der Waals surface area (Å²) in [5, 5.41) is 2.37. The summed E-state index contributed by atoms with van der Waals surface area (Å²) < 4.78 is 32.6.